The number of nitrogens with one attached hydrogen (secondary N) is 2. The Morgan fingerprint density at radius 3 is 2.52 bits per heavy atom. The van der Waals surface area contributed by atoms with E-state index in [1.807, 2.05) is 19.2 Å². The van der Waals surface area contributed by atoms with E-state index in [1.54, 1.807) is 17.7 Å². The van der Waals surface area contributed by atoms with E-state index in [9.17, 15) is 12.8 Å². The van der Waals surface area contributed by atoms with Gasteiger partial charge >= 0.3 is 0 Å². The van der Waals surface area contributed by atoms with Crippen molar-refractivity contribution in [1.29, 1.82) is 0 Å². The molecule has 2 N–H and O–H groups in total. The number of methoxy groups -OCH3 is 1. The van der Waals surface area contributed by atoms with Crippen LogP contribution in [0.2, 0.25) is 0 Å². The number of benzene rings is 2. The van der Waals surface area contributed by atoms with Gasteiger partial charge in [0.1, 0.15) is 0 Å². The fourth-order valence-electron chi connectivity index (χ4n) is 4.22. The lowest BCUT2D eigenvalue weighted by Crippen LogP contribution is -2.23. The number of fused-ring (bicyclic) bond motifs is 1. The van der Waals surface area contributed by atoms with Crippen LogP contribution < -0.4 is 14.8 Å². The molecule has 2 atom stereocenters. The minimum atomic E-state index is -3.36. The molecule has 4 rings (SSSR count). The highest BCUT2D eigenvalue weighted by molar-refractivity contribution is 7.89. The zero-order valence-electron chi connectivity index (χ0n) is 19.4. The molecule has 1 aromatic heterocycles. The molecule has 2 aromatic carbocycles. The topological polar surface area (TPSA) is 85.3 Å². The normalized spacial score (nSPS) is 17.2. The molecule has 1 aliphatic carbocycles. The first-order valence-electron chi connectivity index (χ1n) is 10.7. The lowest BCUT2D eigenvalue weighted by atomic mass is 9.86. The number of aryl methyl sites for hydroxylation is 1. The lowest BCUT2D eigenvalue weighted by Gasteiger charge is -2.20. The minimum absolute atomic E-state index is 0.0440. The fraction of sp³-hybridized carbons (Fsp3) is 0.375. The summed E-state index contributed by atoms with van der Waals surface area (Å²) in [5.74, 6) is 0.984. The summed E-state index contributed by atoms with van der Waals surface area (Å²) in [5, 5.41) is 3.32. The highest BCUT2D eigenvalue weighted by Crippen LogP contribution is 2.42. The van der Waals surface area contributed by atoms with Crippen molar-refractivity contribution >= 4 is 10.0 Å². The van der Waals surface area contributed by atoms with Gasteiger partial charge in [0.2, 0.25) is 0 Å². The Hall–Kier alpha value is -2.75. The smallest absolute Gasteiger partial charge is 0.259 e. The van der Waals surface area contributed by atoms with Crippen molar-refractivity contribution in [1.82, 2.24) is 19.6 Å². The van der Waals surface area contributed by atoms with E-state index >= 15 is 0 Å². The highest BCUT2D eigenvalue weighted by Gasteiger charge is 2.33. The molecule has 0 aliphatic heterocycles. The van der Waals surface area contributed by atoms with E-state index in [0.717, 1.165) is 24.9 Å². The lowest BCUT2D eigenvalue weighted by molar-refractivity contribution is 0.385. The van der Waals surface area contributed by atoms with Gasteiger partial charge in [0.15, 0.2) is 16.6 Å². The number of nitrogens with zero attached hydrogens (tertiary/aromatic N) is 2. The van der Waals surface area contributed by atoms with Gasteiger partial charge < -0.3 is 14.6 Å². The maximum Gasteiger partial charge on any atom is 0.259 e. The third-order valence-electron chi connectivity index (χ3n) is 5.85. The molecule has 1 heterocycles. The van der Waals surface area contributed by atoms with Gasteiger partial charge in [0.05, 0.1) is 13.4 Å². The van der Waals surface area contributed by atoms with Gasteiger partial charge in [-0.2, -0.15) is 0 Å². The van der Waals surface area contributed by atoms with Crippen LogP contribution in [0.25, 0.3) is 0 Å². The molecule has 0 saturated heterocycles. The highest BCUT2D eigenvalue weighted by atomic mass is 32.2. The number of aromatic nitrogens is 2. The monoisotopic (exact) mass is 474 g/mol. The minimum Gasteiger partial charge on any atom is -0.494 e. The molecular weight excluding hydrogens is 443 g/mol. The van der Waals surface area contributed by atoms with Crippen LogP contribution in [0.3, 0.4) is 0 Å². The van der Waals surface area contributed by atoms with Crippen molar-refractivity contribution in [3.8, 4) is 5.75 Å². The number of hydrogen-bond donors (Lipinski definition) is 2. The summed E-state index contributed by atoms with van der Waals surface area (Å²) >= 11 is 0. The maximum absolute atomic E-state index is 14.0. The van der Waals surface area contributed by atoms with E-state index in [4.69, 9.17) is 4.74 Å². The summed E-state index contributed by atoms with van der Waals surface area (Å²) in [5.41, 5.74) is 3.69. The Morgan fingerprint density at radius 2 is 1.94 bits per heavy atom. The number of sulfonamides is 1. The number of rotatable bonds is 7. The molecule has 0 saturated carbocycles. The summed E-state index contributed by atoms with van der Waals surface area (Å²) in [4.78, 5) is 3.67. The van der Waals surface area contributed by atoms with Gasteiger partial charge in [-0.1, -0.05) is 30.3 Å². The summed E-state index contributed by atoms with van der Waals surface area (Å²) in [6, 6.07) is 14.1. The predicted octanol–water partition coefficient (Wildman–Crippen LogP) is 2.88. The van der Waals surface area contributed by atoms with Crippen LogP contribution in [-0.2, 0) is 29.9 Å². The quantitative estimate of drug-likeness (QED) is 0.550. The van der Waals surface area contributed by atoms with Gasteiger partial charge in [0, 0.05) is 13.2 Å². The van der Waals surface area contributed by atoms with Crippen LogP contribution in [0, 0.1) is 11.7 Å². The molecule has 0 spiro atoms. The Morgan fingerprint density at radius 1 is 1.21 bits per heavy atom. The van der Waals surface area contributed by atoms with Crippen molar-refractivity contribution < 1.29 is 17.5 Å². The van der Waals surface area contributed by atoms with E-state index in [2.05, 4.69) is 39.3 Å². The zero-order valence-corrected chi connectivity index (χ0v) is 20.2. The molecule has 178 valence electrons. The Bertz CT molecular complexity index is 1170. The fourth-order valence-corrected chi connectivity index (χ4v) is 4.92. The first kappa shape index (κ1) is 24.9. The maximum atomic E-state index is 14.0. The Kier molecular flexibility index (Phi) is 8.23. The van der Waals surface area contributed by atoms with Crippen LogP contribution in [0.5, 0.6) is 5.75 Å². The second-order valence-corrected chi connectivity index (χ2v) is 9.92. The third-order valence-corrected chi connectivity index (χ3v) is 7.15. The summed E-state index contributed by atoms with van der Waals surface area (Å²) < 4.78 is 44.9. The standard InChI is InChI=1S/C19H22FNO.C5H9N3O2S/c1-21-12-15-9-14-10-18(20)19(22-2)11-17(14)16(15)8-13-6-4-3-5-7-13;1-6-11(9,10)5-3-8(2)4-7-5/h3-7,10-11,15-16,21H,8-9,12H2,1-2H3;3-4,6H,1-2H3. The number of hydrogen-bond acceptors (Lipinski definition) is 5. The Balaban J connectivity index is 0.000000235. The molecule has 1 aliphatic rings. The summed E-state index contributed by atoms with van der Waals surface area (Å²) in [6.45, 7) is 0.941. The zero-order chi connectivity index (χ0) is 24.0. The van der Waals surface area contributed by atoms with Crippen LogP contribution in [0.15, 0.2) is 60.0 Å². The van der Waals surface area contributed by atoms with Crippen LogP contribution in [-0.4, -0.2) is 45.7 Å². The van der Waals surface area contributed by atoms with Gasteiger partial charge in [-0.05, 0) is 74.1 Å². The summed E-state index contributed by atoms with van der Waals surface area (Å²) in [7, 11) is 3.20. The third kappa shape index (κ3) is 5.98. The average Bonchev–Trinajstić information content (AvgIpc) is 3.39. The second-order valence-electron chi connectivity index (χ2n) is 8.09. The molecule has 0 bridgehead atoms. The second kappa shape index (κ2) is 10.9. The van der Waals surface area contributed by atoms with Crippen molar-refractivity contribution in [2.24, 2.45) is 13.0 Å². The van der Waals surface area contributed by atoms with Gasteiger partial charge in [0.25, 0.3) is 10.0 Å². The molecule has 0 amide bonds. The van der Waals surface area contributed by atoms with Crippen molar-refractivity contribution in [3.05, 3.63) is 77.5 Å². The molecule has 0 fully saturated rings. The average molecular weight is 475 g/mol. The van der Waals surface area contributed by atoms with E-state index in [0.29, 0.717) is 17.6 Å². The Labute approximate surface area is 195 Å². The van der Waals surface area contributed by atoms with Gasteiger partial charge in [-0.15, -0.1) is 0 Å². The van der Waals surface area contributed by atoms with Crippen LogP contribution in [0.1, 0.15) is 22.6 Å². The molecular formula is C24H31FN4O3S. The van der Waals surface area contributed by atoms with Crippen LogP contribution in [0.4, 0.5) is 4.39 Å². The van der Waals surface area contributed by atoms with Crippen molar-refractivity contribution in [2.75, 3.05) is 27.7 Å². The molecule has 3 aromatic rings. The molecule has 7 nitrogen and oxygen atoms in total. The molecule has 33 heavy (non-hydrogen) atoms. The van der Waals surface area contributed by atoms with E-state index in [1.165, 1.54) is 37.8 Å². The van der Waals surface area contributed by atoms with E-state index in [-0.39, 0.29) is 10.8 Å². The van der Waals surface area contributed by atoms with Crippen molar-refractivity contribution in [2.45, 2.75) is 23.8 Å². The molecule has 2 unspecified atom stereocenters. The predicted molar refractivity (Wildman–Crippen MR) is 126 cm³/mol. The van der Waals surface area contributed by atoms with Crippen LogP contribution >= 0.6 is 0 Å². The van der Waals surface area contributed by atoms with Crippen molar-refractivity contribution in [3.63, 3.8) is 0 Å². The van der Waals surface area contributed by atoms with Gasteiger partial charge in [-0.3, -0.25) is 0 Å². The first-order chi connectivity index (χ1) is 15.8. The number of halogens is 1. The number of imidazole rings is 1. The van der Waals surface area contributed by atoms with Gasteiger partial charge in [-0.25, -0.2) is 22.5 Å². The first-order valence-corrected chi connectivity index (χ1v) is 12.2. The molecule has 0 radical (unpaired) electrons. The number of ether oxygens (including phenoxy) is 1. The SMILES string of the molecule is CNCC1Cc2cc(F)c(OC)cc2C1Cc1ccccc1.CNS(=O)(=O)c1cn(C)cn1. The largest absolute Gasteiger partial charge is 0.494 e. The molecule has 9 heteroatoms. The van der Waals surface area contributed by atoms with E-state index < -0.39 is 10.0 Å². The summed E-state index contributed by atoms with van der Waals surface area (Å²) in [6.07, 6.45) is 4.78.